The summed E-state index contributed by atoms with van der Waals surface area (Å²) in [5.41, 5.74) is 0.654. The van der Waals surface area contributed by atoms with Gasteiger partial charge in [0.05, 0.1) is 12.1 Å². The third kappa shape index (κ3) is 3.20. The molecule has 0 aliphatic carbocycles. The molecule has 1 heterocycles. The van der Waals surface area contributed by atoms with Crippen molar-refractivity contribution in [3.8, 4) is 0 Å². The first-order valence-corrected chi connectivity index (χ1v) is 6.39. The molecule has 2 aromatic rings. The molecule has 0 atom stereocenters. The molecule has 19 heavy (non-hydrogen) atoms. The number of halogens is 2. The summed E-state index contributed by atoms with van der Waals surface area (Å²) in [4.78, 5) is 13.5. The monoisotopic (exact) mass is 326 g/mol. The molecule has 0 aliphatic heterocycles. The van der Waals surface area contributed by atoms with Gasteiger partial charge in [-0.1, -0.05) is 21.1 Å². The van der Waals surface area contributed by atoms with Crippen molar-refractivity contribution in [3.05, 3.63) is 51.6 Å². The number of hydrogen-bond donors (Lipinski definition) is 0. The number of nitrogens with zero attached hydrogens (tertiary/aromatic N) is 2. The molecule has 0 N–H and O–H groups in total. The van der Waals surface area contributed by atoms with Gasteiger partial charge in [-0.05, 0) is 25.1 Å². The van der Waals surface area contributed by atoms with Gasteiger partial charge in [0.1, 0.15) is 17.3 Å². The lowest BCUT2D eigenvalue weighted by atomic mass is 10.2. The predicted molar refractivity (Wildman–Crippen MR) is 71.1 cm³/mol. The fourth-order valence-corrected chi connectivity index (χ4v) is 2.04. The summed E-state index contributed by atoms with van der Waals surface area (Å²) in [7, 11) is 1.59. The average molecular weight is 327 g/mol. The van der Waals surface area contributed by atoms with Crippen LogP contribution in [0.3, 0.4) is 0 Å². The number of aryl methyl sites for hydroxylation is 1. The van der Waals surface area contributed by atoms with E-state index in [1.54, 1.807) is 26.1 Å². The second-order valence-corrected chi connectivity index (χ2v) is 5.13. The molecule has 0 unspecified atom stereocenters. The van der Waals surface area contributed by atoms with Crippen LogP contribution in [0.5, 0.6) is 0 Å². The van der Waals surface area contributed by atoms with Gasteiger partial charge in [0.15, 0.2) is 0 Å². The molecule has 0 aliphatic rings. The highest BCUT2D eigenvalue weighted by molar-refractivity contribution is 9.10. The zero-order valence-corrected chi connectivity index (χ0v) is 12.1. The molecule has 0 bridgehead atoms. The van der Waals surface area contributed by atoms with Gasteiger partial charge in [-0.15, -0.1) is 0 Å². The highest BCUT2D eigenvalue weighted by Crippen LogP contribution is 2.17. The van der Waals surface area contributed by atoms with E-state index in [0.717, 1.165) is 0 Å². The molecule has 1 aromatic heterocycles. The Balaban J connectivity index is 2.16. The SMILES string of the molecule is Cc1cc(CN(C)C(=O)c2cc(Br)ccc2F)no1. The van der Waals surface area contributed by atoms with Crippen LogP contribution in [0.4, 0.5) is 4.39 Å². The number of aromatic nitrogens is 1. The molecule has 4 nitrogen and oxygen atoms in total. The van der Waals surface area contributed by atoms with Crippen molar-refractivity contribution in [2.45, 2.75) is 13.5 Å². The molecule has 0 radical (unpaired) electrons. The normalized spacial score (nSPS) is 10.5. The first-order chi connectivity index (χ1) is 8.97. The zero-order chi connectivity index (χ0) is 14.0. The van der Waals surface area contributed by atoms with E-state index < -0.39 is 11.7 Å². The Morgan fingerprint density at radius 2 is 2.21 bits per heavy atom. The highest BCUT2D eigenvalue weighted by Gasteiger charge is 2.17. The molecular formula is C13H12BrFN2O2. The second kappa shape index (κ2) is 5.52. The van der Waals surface area contributed by atoms with Crippen LogP contribution < -0.4 is 0 Å². The molecule has 0 spiro atoms. The fraction of sp³-hybridized carbons (Fsp3) is 0.231. The van der Waals surface area contributed by atoms with E-state index in [4.69, 9.17) is 4.52 Å². The van der Waals surface area contributed by atoms with Gasteiger partial charge >= 0.3 is 0 Å². The minimum absolute atomic E-state index is 0.0251. The van der Waals surface area contributed by atoms with Crippen molar-refractivity contribution < 1.29 is 13.7 Å². The van der Waals surface area contributed by atoms with Crippen molar-refractivity contribution in [2.75, 3.05) is 7.05 Å². The van der Waals surface area contributed by atoms with E-state index in [1.807, 2.05) is 0 Å². The van der Waals surface area contributed by atoms with Crippen LogP contribution in [0.15, 0.2) is 33.3 Å². The highest BCUT2D eigenvalue weighted by atomic mass is 79.9. The summed E-state index contributed by atoms with van der Waals surface area (Å²) in [6, 6.07) is 6.00. The van der Waals surface area contributed by atoms with Crippen LogP contribution in [-0.2, 0) is 6.54 Å². The standard InChI is InChI=1S/C13H12BrFN2O2/c1-8-5-10(16-19-8)7-17(2)13(18)11-6-9(14)3-4-12(11)15/h3-6H,7H2,1-2H3. The zero-order valence-electron chi connectivity index (χ0n) is 10.5. The second-order valence-electron chi connectivity index (χ2n) is 4.21. The molecular weight excluding hydrogens is 315 g/mol. The van der Waals surface area contributed by atoms with Crippen molar-refractivity contribution in [1.82, 2.24) is 10.1 Å². The number of benzene rings is 1. The van der Waals surface area contributed by atoms with Crippen molar-refractivity contribution in [3.63, 3.8) is 0 Å². The summed E-state index contributed by atoms with van der Waals surface area (Å²) in [6.07, 6.45) is 0. The van der Waals surface area contributed by atoms with Gasteiger partial charge in [0.2, 0.25) is 0 Å². The lowest BCUT2D eigenvalue weighted by Crippen LogP contribution is -2.27. The summed E-state index contributed by atoms with van der Waals surface area (Å²) in [5.74, 6) is -0.277. The van der Waals surface area contributed by atoms with E-state index in [-0.39, 0.29) is 12.1 Å². The first kappa shape index (κ1) is 13.7. The van der Waals surface area contributed by atoms with Gasteiger partial charge < -0.3 is 9.42 Å². The number of carbonyl (C=O) groups is 1. The number of hydrogen-bond acceptors (Lipinski definition) is 3. The van der Waals surface area contributed by atoms with Gasteiger partial charge in [0, 0.05) is 17.6 Å². The third-order valence-corrected chi connectivity index (χ3v) is 3.07. The Bertz CT molecular complexity index is 612. The van der Waals surface area contributed by atoms with Gasteiger partial charge in [-0.3, -0.25) is 4.79 Å². The number of rotatable bonds is 3. The number of amides is 1. The summed E-state index contributed by atoms with van der Waals surface area (Å²) in [5, 5.41) is 3.80. The minimum Gasteiger partial charge on any atom is -0.361 e. The Labute approximate surface area is 118 Å². The van der Waals surface area contributed by atoms with E-state index in [0.29, 0.717) is 15.9 Å². The number of carbonyl (C=O) groups excluding carboxylic acids is 1. The summed E-state index contributed by atoms with van der Waals surface area (Å²) in [6.45, 7) is 2.04. The molecule has 0 fully saturated rings. The largest absolute Gasteiger partial charge is 0.361 e. The molecule has 1 amide bonds. The quantitative estimate of drug-likeness (QED) is 0.870. The molecule has 0 saturated carbocycles. The van der Waals surface area contributed by atoms with E-state index >= 15 is 0 Å². The maximum absolute atomic E-state index is 13.6. The van der Waals surface area contributed by atoms with Crippen molar-refractivity contribution >= 4 is 21.8 Å². The van der Waals surface area contributed by atoms with Gasteiger partial charge in [-0.2, -0.15) is 0 Å². The Morgan fingerprint density at radius 1 is 1.47 bits per heavy atom. The summed E-state index contributed by atoms with van der Waals surface area (Å²) < 4.78 is 19.2. The lowest BCUT2D eigenvalue weighted by molar-refractivity contribution is 0.0777. The summed E-state index contributed by atoms with van der Waals surface area (Å²) >= 11 is 3.22. The van der Waals surface area contributed by atoms with Crippen LogP contribution in [0.1, 0.15) is 21.8 Å². The van der Waals surface area contributed by atoms with Crippen LogP contribution in [0.25, 0.3) is 0 Å². The lowest BCUT2D eigenvalue weighted by Gasteiger charge is -2.16. The molecule has 0 saturated heterocycles. The molecule has 2 rings (SSSR count). The van der Waals surface area contributed by atoms with E-state index in [1.165, 1.54) is 17.0 Å². The maximum Gasteiger partial charge on any atom is 0.256 e. The van der Waals surface area contributed by atoms with Crippen LogP contribution in [-0.4, -0.2) is 23.0 Å². The Morgan fingerprint density at radius 3 is 2.84 bits per heavy atom. The van der Waals surface area contributed by atoms with E-state index in [9.17, 15) is 9.18 Å². The third-order valence-electron chi connectivity index (χ3n) is 2.58. The first-order valence-electron chi connectivity index (χ1n) is 5.60. The Kier molecular flexibility index (Phi) is 3.99. The van der Waals surface area contributed by atoms with Crippen LogP contribution in [0, 0.1) is 12.7 Å². The van der Waals surface area contributed by atoms with Crippen LogP contribution >= 0.6 is 15.9 Å². The smallest absolute Gasteiger partial charge is 0.256 e. The van der Waals surface area contributed by atoms with Crippen LogP contribution in [0.2, 0.25) is 0 Å². The topological polar surface area (TPSA) is 46.3 Å². The van der Waals surface area contributed by atoms with Crippen molar-refractivity contribution in [1.29, 1.82) is 0 Å². The molecule has 100 valence electrons. The van der Waals surface area contributed by atoms with Gasteiger partial charge in [-0.25, -0.2) is 4.39 Å². The van der Waals surface area contributed by atoms with E-state index in [2.05, 4.69) is 21.1 Å². The van der Waals surface area contributed by atoms with Gasteiger partial charge in [0.25, 0.3) is 5.91 Å². The maximum atomic E-state index is 13.6. The Hall–Kier alpha value is -1.69. The average Bonchev–Trinajstić information content (AvgIpc) is 2.77. The van der Waals surface area contributed by atoms with Crippen molar-refractivity contribution in [2.24, 2.45) is 0 Å². The fourth-order valence-electron chi connectivity index (χ4n) is 1.67. The molecule has 1 aromatic carbocycles. The predicted octanol–water partition coefficient (Wildman–Crippen LogP) is 3.16. The molecule has 6 heteroatoms. The minimum atomic E-state index is -0.545.